The molecule has 0 fully saturated rings. The van der Waals surface area contributed by atoms with E-state index < -0.39 is 0 Å². The van der Waals surface area contributed by atoms with Gasteiger partial charge in [-0.25, -0.2) is 0 Å². The van der Waals surface area contributed by atoms with Crippen LogP contribution in [0, 0.1) is 6.92 Å². The molecule has 26 heavy (non-hydrogen) atoms. The molecule has 0 bridgehead atoms. The maximum absolute atomic E-state index is 12.7. The standard InChI is InChI=1S/C22H26N2OS/c1-5-7-12-24(4)22(25)16-9-11-21-19(14-16)23-18(6-2)17-13-15(3)8-10-20(17)26-21/h8-11,13-14H,5-7,12H2,1-4H3. The number of hydrogen-bond acceptors (Lipinski definition) is 3. The van der Waals surface area contributed by atoms with E-state index >= 15 is 0 Å². The zero-order valence-electron chi connectivity index (χ0n) is 16.0. The Hall–Kier alpha value is -2.07. The summed E-state index contributed by atoms with van der Waals surface area (Å²) in [4.78, 5) is 21.8. The molecule has 0 aliphatic carbocycles. The summed E-state index contributed by atoms with van der Waals surface area (Å²) in [5.41, 5.74) is 5.14. The van der Waals surface area contributed by atoms with Gasteiger partial charge in [0.1, 0.15) is 0 Å². The average Bonchev–Trinajstić information content (AvgIpc) is 2.80. The number of aryl methyl sites for hydroxylation is 1. The van der Waals surface area contributed by atoms with E-state index in [-0.39, 0.29) is 5.91 Å². The lowest BCUT2D eigenvalue weighted by molar-refractivity contribution is 0.0793. The minimum absolute atomic E-state index is 0.0668. The highest BCUT2D eigenvalue weighted by Crippen LogP contribution is 2.41. The summed E-state index contributed by atoms with van der Waals surface area (Å²) < 4.78 is 0. The van der Waals surface area contributed by atoms with E-state index in [9.17, 15) is 4.79 Å². The molecular weight excluding hydrogens is 340 g/mol. The van der Waals surface area contributed by atoms with Crippen LogP contribution in [0.1, 0.15) is 54.6 Å². The first kappa shape index (κ1) is 18.7. The Balaban J connectivity index is 1.98. The Kier molecular flexibility index (Phi) is 5.82. The highest BCUT2D eigenvalue weighted by atomic mass is 32.2. The summed E-state index contributed by atoms with van der Waals surface area (Å²) in [6, 6.07) is 12.4. The van der Waals surface area contributed by atoms with E-state index in [4.69, 9.17) is 4.99 Å². The predicted molar refractivity (Wildman–Crippen MR) is 110 cm³/mol. The van der Waals surface area contributed by atoms with Crippen molar-refractivity contribution in [2.45, 2.75) is 49.8 Å². The molecule has 2 aromatic rings. The van der Waals surface area contributed by atoms with Crippen LogP contribution in [0.4, 0.5) is 5.69 Å². The van der Waals surface area contributed by atoms with Gasteiger partial charge < -0.3 is 4.90 Å². The van der Waals surface area contributed by atoms with Gasteiger partial charge in [-0.1, -0.05) is 43.7 Å². The van der Waals surface area contributed by atoms with Gasteiger partial charge in [-0.2, -0.15) is 0 Å². The van der Waals surface area contributed by atoms with Gasteiger partial charge in [0.2, 0.25) is 0 Å². The van der Waals surface area contributed by atoms with E-state index in [0.29, 0.717) is 5.56 Å². The molecular formula is C22H26N2OS. The first-order valence-corrected chi connectivity index (χ1v) is 10.1. The van der Waals surface area contributed by atoms with Gasteiger partial charge in [-0.3, -0.25) is 9.79 Å². The lowest BCUT2D eigenvalue weighted by atomic mass is 10.0. The SMILES string of the molecule is CCCCN(C)C(=O)c1ccc2c(c1)N=C(CC)c1cc(C)ccc1S2. The van der Waals surface area contributed by atoms with Gasteiger partial charge in [-0.05, 0) is 50.1 Å². The number of amides is 1. The molecule has 0 saturated carbocycles. The highest BCUT2D eigenvalue weighted by molar-refractivity contribution is 7.99. The van der Waals surface area contributed by atoms with Crippen molar-refractivity contribution in [3.8, 4) is 0 Å². The fourth-order valence-electron chi connectivity index (χ4n) is 3.09. The van der Waals surface area contributed by atoms with Crippen LogP contribution >= 0.6 is 11.8 Å². The Morgan fingerprint density at radius 2 is 1.88 bits per heavy atom. The van der Waals surface area contributed by atoms with E-state index in [0.717, 1.165) is 42.1 Å². The third kappa shape index (κ3) is 3.85. The van der Waals surface area contributed by atoms with Gasteiger partial charge in [-0.15, -0.1) is 0 Å². The van der Waals surface area contributed by atoms with Gasteiger partial charge in [0.15, 0.2) is 0 Å². The molecule has 1 aliphatic rings. The van der Waals surface area contributed by atoms with Crippen molar-refractivity contribution in [3.05, 3.63) is 53.1 Å². The minimum Gasteiger partial charge on any atom is -0.342 e. The molecule has 3 rings (SSSR count). The lowest BCUT2D eigenvalue weighted by Crippen LogP contribution is -2.27. The number of fused-ring (bicyclic) bond motifs is 2. The Labute approximate surface area is 160 Å². The molecule has 0 N–H and O–H groups in total. The topological polar surface area (TPSA) is 32.7 Å². The molecule has 136 valence electrons. The second-order valence-electron chi connectivity index (χ2n) is 6.78. The summed E-state index contributed by atoms with van der Waals surface area (Å²) in [7, 11) is 1.87. The number of hydrogen-bond donors (Lipinski definition) is 0. The molecule has 0 unspecified atom stereocenters. The third-order valence-corrected chi connectivity index (χ3v) is 5.80. The highest BCUT2D eigenvalue weighted by Gasteiger charge is 2.19. The van der Waals surface area contributed by atoms with Crippen molar-refractivity contribution < 1.29 is 4.79 Å². The molecule has 1 amide bonds. The molecule has 0 saturated heterocycles. The van der Waals surface area contributed by atoms with Crippen LogP contribution in [0.2, 0.25) is 0 Å². The van der Waals surface area contributed by atoms with Crippen molar-refractivity contribution in [2.24, 2.45) is 4.99 Å². The number of benzene rings is 2. The van der Waals surface area contributed by atoms with Crippen LogP contribution in [0.5, 0.6) is 0 Å². The van der Waals surface area contributed by atoms with Crippen molar-refractivity contribution >= 4 is 29.1 Å². The molecule has 0 spiro atoms. The second kappa shape index (κ2) is 8.09. The maximum Gasteiger partial charge on any atom is 0.253 e. The Morgan fingerprint density at radius 3 is 2.62 bits per heavy atom. The first-order chi connectivity index (χ1) is 12.5. The second-order valence-corrected chi connectivity index (χ2v) is 7.86. The van der Waals surface area contributed by atoms with Crippen LogP contribution < -0.4 is 0 Å². The summed E-state index contributed by atoms with van der Waals surface area (Å²) in [6.45, 7) is 7.17. The van der Waals surface area contributed by atoms with Crippen LogP contribution in [0.25, 0.3) is 0 Å². The largest absolute Gasteiger partial charge is 0.342 e. The number of rotatable bonds is 5. The Morgan fingerprint density at radius 1 is 1.12 bits per heavy atom. The molecule has 1 aliphatic heterocycles. The Bertz CT molecular complexity index is 857. The van der Waals surface area contributed by atoms with Crippen molar-refractivity contribution in [2.75, 3.05) is 13.6 Å². The smallest absolute Gasteiger partial charge is 0.253 e. The van der Waals surface area contributed by atoms with Crippen LogP contribution in [0.3, 0.4) is 0 Å². The van der Waals surface area contributed by atoms with Crippen molar-refractivity contribution in [1.29, 1.82) is 0 Å². The molecule has 0 aromatic heterocycles. The van der Waals surface area contributed by atoms with E-state index in [1.807, 2.05) is 25.2 Å². The monoisotopic (exact) mass is 366 g/mol. The van der Waals surface area contributed by atoms with Crippen LogP contribution in [-0.4, -0.2) is 30.1 Å². The van der Waals surface area contributed by atoms with Crippen LogP contribution in [-0.2, 0) is 0 Å². The van der Waals surface area contributed by atoms with Gasteiger partial charge in [0.25, 0.3) is 5.91 Å². The van der Waals surface area contributed by atoms with Crippen molar-refractivity contribution in [1.82, 2.24) is 4.90 Å². The number of carbonyl (C=O) groups excluding carboxylic acids is 1. The summed E-state index contributed by atoms with van der Waals surface area (Å²) >= 11 is 1.73. The summed E-state index contributed by atoms with van der Waals surface area (Å²) in [6.07, 6.45) is 2.97. The number of aliphatic imine (C=N–C) groups is 1. The predicted octanol–water partition coefficient (Wildman–Crippen LogP) is 5.86. The van der Waals surface area contributed by atoms with E-state index in [2.05, 4.69) is 39.0 Å². The average molecular weight is 367 g/mol. The third-order valence-electron chi connectivity index (χ3n) is 4.66. The zero-order valence-corrected chi connectivity index (χ0v) is 16.8. The minimum atomic E-state index is 0.0668. The quantitative estimate of drug-likeness (QED) is 0.663. The summed E-state index contributed by atoms with van der Waals surface area (Å²) in [5, 5.41) is 0. The zero-order chi connectivity index (χ0) is 18.7. The fourth-order valence-corrected chi connectivity index (χ4v) is 4.10. The lowest BCUT2D eigenvalue weighted by Gasteiger charge is -2.17. The molecule has 1 heterocycles. The normalized spacial score (nSPS) is 12.7. The number of carbonyl (C=O) groups is 1. The van der Waals surface area contributed by atoms with Gasteiger partial charge in [0.05, 0.1) is 5.69 Å². The van der Waals surface area contributed by atoms with Gasteiger partial charge in [0, 0.05) is 40.2 Å². The van der Waals surface area contributed by atoms with Crippen LogP contribution in [0.15, 0.2) is 51.2 Å². The molecule has 2 aromatic carbocycles. The molecule has 3 nitrogen and oxygen atoms in total. The first-order valence-electron chi connectivity index (χ1n) is 9.29. The maximum atomic E-state index is 12.7. The van der Waals surface area contributed by atoms with Gasteiger partial charge >= 0.3 is 0 Å². The number of unbranched alkanes of at least 4 members (excludes halogenated alkanes) is 1. The van der Waals surface area contributed by atoms with E-state index in [1.165, 1.54) is 16.0 Å². The number of nitrogens with zero attached hydrogens (tertiary/aromatic N) is 2. The fraction of sp³-hybridized carbons (Fsp3) is 0.364. The molecule has 4 heteroatoms. The summed E-state index contributed by atoms with van der Waals surface area (Å²) in [5.74, 6) is 0.0668. The molecule has 0 radical (unpaired) electrons. The van der Waals surface area contributed by atoms with Crippen molar-refractivity contribution in [3.63, 3.8) is 0 Å². The van der Waals surface area contributed by atoms with E-state index in [1.54, 1.807) is 16.7 Å². The molecule has 0 atom stereocenters.